The molecule has 0 spiro atoms. The van der Waals surface area contributed by atoms with E-state index >= 15 is 0 Å². The van der Waals surface area contributed by atoms with Crippen molar-refractivity contribution in [2.75, 3.05) is 30.9 Å². The number of benzene rings is 2. The fourth-order valence-corrected chi connectivity index (χ4v) is 2.37. The summed E-state index contributed by atoms with van der Waals surface area (Å²) in [6.45, 7) is 0.311. The molecule has 2 aromatic rings. The van der Waals surface area contributed by atoms with Gasteiger partial charge in [-0.05, 0) is 36.8 Å². The minimum Gasteiger partial charge on any atom is -0.497 e. The lowest BCUT2D eigenvalue weighted by atomic mass is 10.1. The van der Waals surface area contributed by atoms with Gasteiger partial charge in [0, 0.05) is 29.9 Å². The van der Waals surface area contributed by atoms with Gasteiger partial charge in [-0.3, -0.25) is 4.79 Å². The van der Waals surface area contributed by atoms with Crippen molar-refractivity contribution in [3.05, 3.63) is 53.1 Å². The van der Waals surface area contributed by atoms with Gasteiger partial charge in [0.25, 0.3) is 5.91 Å². The van der Waals surface area contributed by atoms with Crippen LogP contribution in [0.3, 0.4) is 0 Å². The molecule has 7 nitrogen and oxygen atoms in total. The molecule has 0 radical (unpaired) electrons. The number of carbonyl (C=O) groups is 2. The first kappa shape index (κ1) is 19.6. The molecule has 0 saturated heterocycles. The summed E-state index contributed by atoms with van der Waals surface area (Å²) in [7, 11) is 1.49. The van der Waals surface area contributed by atoms with Crippen molar-refractivity contribution in [1.82, 2.24) is 5.32 Å². The monoisotopic (exact) mass is 377 g/mol. The normalized spacial score (nSPS) is 10.1. The van der Waals surface area contributed by atoms with Crippen LogP contribution in [-0.4, -0.2) is 37.3 Å². The second kappa shape index (κ2) is 9.65. The molecular weight excluding hydrogens is 358 g/mol. The van der Waals surface area contributed by atoms with E-state index in [0.717, 1.165) is 0 Å². The Balaban J connectivity index is 2.14. The predicted octanol–water partition coefficient (Wildman–Crippen LogP) is 3.10. The zero-order valence-corrected chi connectivity index (χ0v) is 15.0. The maximum Gasteiger partial charge on any atom is 0.323 e. The lowest BCUT2D eigenvalue weighted by Crippen LogP contribution is -2.27. The maximum atomic E-state index is 12.3. The summed E-state index contributed by atoms with van der Waals surface area (Å²) >= 11 is 5.90. The van der Waals surface area contributed by atoms with Crippen LogP contribution in [0.5, 0.6) is 5.75 Å². The number of hydrogen-bond acceptors (Lipinski definition) is 4. The molecule has 0 fully saturated rings. The number of anilines is 2. The number of aliphatic hydroxyl groups excluding tert-OH is 1. The number of ether oxygens (including phenoxy) is 1. The maximum absolute atomic E-state index is 12.3. The molecule has 0 atom stereocenters. The molecular formula is C18H20ClN3O4. The van der Waals surface area contributed by atoms with Crippen LogP contribution < -0.4 is 20.7 Å². The molecule has 0 bridgehead atoms. The fraction of sp³-hybridized carbons (Fsp3) is 0.222. The van der Waals surface area contributed by atoms with E-state index in [4.69, 9.17) is 21.4 Å². The van der Waals surface area contributed by atoms with Gasteiger partial charge in [0.1, 0.15) is 5.75 Å². The van der Waals surface area contributed by atoms with E-state index in [-0.39, 0.29) is 18.1 Å². The Kier molecular flexibility index (Phi) is 7.25. The topological polar surface area (TPSA) is 99.7 Å². The molecule has 0 aromatic heterocycles. The number of halogens is 1. The van der Waals surface area contributed by atoms with Crippen LogP contribution in [0.1, 0.15) is 16.8 Å². The zero-order chi connectivity index (χ0) is 18.9. The summed E-state index contributed by atoms with van der Waals surface area (Å²) in [5, 5.41) is 17.3. The Hall–Kier alpha value is -2.77. The lowest BCUT2D eigenvalue weighted by molar-refractivity contribution is 0.0952. The highest BCUT2D eigenvalue weighted by Crippen LogP contribution is 2.23. The predicted molar refractivity (Wildman–Crippen MR) is 101 cm³/mol. The Morgan fingerprint density at radius 1 is 1.15 bits per heavy atom. The standard InChI is InChI=1S/C18H20ClN3O4/c1-26-14-6-7-15(17(24)20-8-3-9-23)16(11-14)22-18(25)21-13-5-2-4-12(19)10-13/h2,4-7,10-11,23H,3,8-9H2,1H3,(H,20,24)(H2,21,22,25). The minimum atomic E-state index is -0.523. The Morgan fingerprint density at radius 3 is 2.65 bits per heavy atom. The second-order valence-electron chi connectivity index (χ2n) is 5.33. The molecule has 8 heteroatoms. The van der Waals surface area contributed by atoms with E-state index in [1.807, 2.05) is 0 Å². The summed E-state index contributed by atoms with van der Waals surface area (Å²) in [6.07, 6.45) is 0.444. The van der Waals surface area contributed by atoms with Gasteiger partial charge in [-0.15, -0.1) is 0 Å². The third-order valence-corrected chi connectivity index (χ3v) is 3.66. The number of methoxy groups -OCH3 is 1. The molecule has 0 saturated carbocycles. The van der Waals surface area contributed by atoms with E-state index in [2.05, 4.69) is 16.0 Å². The lowest BCUT2D eigenvalue weighted by Gasteiger charge is -2.13. The van der Waals surface area contributed by atoms with Gasteiger partial charge in [-0.2, -0.15) is 0 Å². The van der Waals surface area contributed by atoms with E-state index in [1.54, 1.807) is 42.5 Å². The first-order valence-electron chi connectivity index (χ1n) is 7.94. The van der Waals surface area contributed by atoms with Crippen molar-refractivity contribution in [1.29, 1.82) is 0 Å². The third kappa shape index (κ3) is 5.65. The van der Waals surface area contributed by atoms with Gasteiger partial charge >= 0.3 is 6.03 Å². The van der Waals surface area contributed by atoms with Crippen molar-refractivity contribution in [2.45, 2.75) is 6.42 Å². The smallest absolute Gasteiger partial charge is 0.323 e. The van der Waals surface area contributed by atoms with E-state index in [9.17, 15) is 9.59 Å². The highest BCUT2D eigenvalue weighted by atomic mass is 35.5. The summed E-state index contributed by atoms with van der Waals surface area (Å²) in [5.74, 6) is 0.133. The molecule has 2 rings (SSSR count). The summed E-state index contributed by atoms with van der Waals surface area (Å²) < 4.78 is 5.15. The number of amides is 3. The SMILES string of the molecule is COc1ccc(C(=O)NCCCO)c(NC(=O)Nc2cccc(Cl)c2)c1. The van der Waals surface area contributed by atoms with Crippen molar-refractivity contribution in [3.63, 3.8) is 0 Å². The van der Waals surface area contributed by atoms with Crippen molar-refractivity contribution >= 4 is 34.9 Å². The molecule has 0 aliphatic carbocycles. The molecule has 26 heavy (non-hydrogen) atoms. The number of carbonyl (C=O) groups excluding carboxylic acids is 2. The van der Waals surface area contributed by atoms with Gasteiger partial charge in [0.2, 0.25) is 0 Å². The van der Waals surface area contributed by atoms with Gasteiger partial charge in [-0.25, -0.2) is 4.79 Å². The average Bonchev–Trinajstić information content (AvgIpc) is 2.61. The van der Waals surface area contributed by atoms with Crippen LogP contribution in [-0.2, 0) is 0 Å². The Morgan fingerprint density at radius 2 is 1.96 bits per heavy atom. The van der Waals surface area contributed by atoms with E-state index in [1.165, 1.54) is 7.11 Å². The van der Waals surface area contributed by atoms with Crippen molar-refractivity contribution in [3.8, 4) is 5.75 Å². The van der Waals surface area contributed by atoms with E-state index < -0.39 is 6.03 Å². The summed E-state index contributed by atoms with van der Waals surface area (Å²) in [4.78, 5) is 24.6. The molecule has 4 N–H and O–H groups in total. The third-order valence-electron chi connectivity index (χ3n) is 3.42. The van der Waals surface area contributed by atoms with E-state index in [0.29, 0.717) is 35.1 Å². The number of aliphatic hydroxyl groups is 1. The second-order valence-corrected chi connectivity index (χ2v) is 5.77. The van der Waals surface area contributed by atoms with Crippen molar-refractivity contribution in [2.24, 2.45) is 0 Å². The highest BCUT2D eigenvalue weighted by Gasteiger charge is 2.14. The molecule has 3 amide bonds. The molecule has 0 aliphatic heterocycles. The average molecular weight is 378 g/mol. The molecule has 0 aliphatic rings. The van der Waals surface area contributed by atoms with Crippen LogP contribution in [0.15, 0.2) is 42.5 Å². The van der Waals surface area contributed by atoms with Gasteiger partial charge < -0.3 is 25.8 Å². The molecule has 0 unspecified atom stereocenters. The number of urea groups is 1. The number of hydrogen-bond donors (Lipinski definition) is 4. The summed E-state index contributed by atoms with van der Waals surface area (Å²) in [6, 6.07) is 10.9. The number of rotatable bonds is 7. The molecule has 138 valence electrons. The number of nitrogens with one attached hydrogen (secondary N) is 3. The Bertz CT molecular complexity index is 783. The fourth-order valence-electron chi connectivity index (χ4n) is 2.18. The molecule has 0 heterocycles. The van der Waals surface area contributed by atoms with Gasteiger partial charge in [0.05, 0.1) is 18.4 Å². The first-order valence-corrected chi connectivity index (χ1v) is 8.32. The zero-order valence-electron chi connectivity index (χ0n) is 14.2. The van der Waals surface area contributed by atoms with Gasteiger partial charge in [0.15, 0.2) is 0 Å². The van der Waals surface area contributed by atoms with Crippen LogP contribution in [0.4, 0.5) is 16.2 Å². The quantitative estimate of drug-likeness (QED) is 0.557. The highest BCUT2D eigenvalue weighted by molar-refractivity contribution is 6.30. The van der Waals surface area contributed by atoms with Crippen LogP contribution in [0, 0.1) is 0 Å². The Labute approximate surface area is 156 Å². The minimum absolute atomic E-state index is 0.0178. The van der Waals surface area contributed by atoms with Gasteiger partial charge in [-0.1, -0.05) is 17.7 Å². The van der Waals surface area contributed by atoms with Crippen LogP contribution >= 0.6 is 11.6 Å². The summed E-state index contributed by atoms with van der Waals surface area (Å²) in [5.41, 5.74) is 1.10. The van der Waals surface area contributed by atoms with Crippen LogP contribution in [0.25, 0.3) is 0 Å². The van der Waals surface area contributed by atoms with Crippen molar-refractivity contribution < 1.29 is 19.4 Å². The largest absolute Gasteiger partial charge is 0.497 e. The van der Waals surface area contributed by atoms with Crippen LogP contribution in [0.2, 0.25) is 5.02 Å². The first-order chi connectivity index (χ1) is 12.5. The molecule has 2 aromatic carbocycles.